The van der Waals surface area contributed by atoms with E-state index in [0.29, 0.717) is 24.8 Å². The second-order valence-corrected chi connectivity index (χ2v) is 8.70. The number of primary amides is 1. The predicted octanol–water partition coefficient (Wildman–Crippen LogP) is 0.742. The number of nitrogens with one attached hydrogen (secondary N) is 2. The number of anilines is 1. The standard InChI is InChI=1S/C20H30N6O3S/c1-4-23-16(19(21)27)10-7-13-24-20(22)25-30(28,29)18-12-6-8-14-15(18)9-5-11-17(14)26(2)3/h5-6,8-9,11-12,16,23H,4,7,10,13H2,1-3H3,(H2,21,27)(H3,22,24,25)/t16-/m0/s1. The molecule has 10 heteroatoms. The zero-order valence-electron chi connectivity index (χ0n) is 17.6. The number of nitrogens with zero attached hydrogens (tertiary/aromatic N) is 2. The molecule has 0 saturated carbocycles. The van der Waals surface area contributed by atoms with E-state index in [9.17, 15) is 13.2 Å². The lowest BCUT2D eigenvalue weighted by Crippen LogP contribution is -2.41. The van der Waals surface area contributed by atoms with Crippen molar-refractivity contribution in [3.8, 4) is 0 Å². The molecule has 0 radical (unpaired) electrons. The first-order valence-electron chi connectivity index (χ1n) is 9.72. The Morgan fingerprint density at radius 3 is 2.43 bits per heavy atom. The fraction of sp³-hybridized carbons (Fsp3) is 0.400. The average Bonchev–Trinajstić information content (AvgIpc) is 2.68. The second-order valence-electron chi connectivity index (χ2n) is 7.05. The number of guanidine groups is 1. The summed E-state index contributed by atoms with van der Waals surface area (Å²) < 4.78 is 28.1. The van der Waals surface area contributed by atoms with Crippen LogP contribution in [-0.2, 0) is 14.8 Å². The summed E-state index contributed by atoms with van der Waals surface area (Å²) in [5.74, 6) is -0.627. The van der Waals surface area contributed by atoms with Crippen LogP contribution in [0.1, 0.15) is 19.8 Å². The Hall–Kier alpha value is -2.85. The number of sulfonamides is 1. The highest BCUT2D eigenvalue weighted by molar-refractivity contribution is 7.90. The number of hydrogen-bond acceptors (Lipinski definition) is 6. The van der Waals surface area contributed by atoms with Crippen LogP contribution in [-0.4, -0.2) is 53.5 Å². The number of carbonyl (C=O) groups excluding carboxylic acids is 1. The van der Waals surface area contributed by atoms with Gasteiger partial charge in [0.1, 0.15) is 0 Å². The lowest BCUT2D eigenvalue weighted by Gasteiger charge is -2.17. The maximum absolute atomic E-state index is 12.9. The molecule has 0 spiro atoms. The van der Waals surface area contributed by atoms with Crippen LogP contribution in [0.3, 0.4) is 0 Å². The third kappa shape index (κ3) is 5.83. The predicted molar refractivity (Wildman–Crippen MR) is 121 cm³/mol. The number of fused-ring (bicyclic) bond motifs is 1. The maximum atomic E-state index is 12.9. The van der Waals surface area contributed by atoms with Gasteiger partial charge in [0.2, 0.25) is 11.9 Å². The molecule has 1 atom stereocenters. The lowest BCUT2D eigenvalue weighted by atomic mass is 10.1. The van der Waals surface area contributed by atoms with E-state index in [2.05, 4.69) is 15.0 Å². The molecule has 2 aromatic rings. The fourth-order valence-electron chi connectivity index (χ4n) is 3.20. The third-order valence-electron chi connectivity index (χ3n) is 4.60. The molecule has 0 bridgehead atoms. The zero-order chi connectivity index (χ0) is 22.3. The minimum Gasteiger partial charge on any atom is -0.377 e. The van der Waals surface area contributed by atoms with Gasteiger partial charge in [-0.3, -0.25) is 9.79 Å². The molecule has 0 aliphatic carbocycles. The van der Waals surface area contributed by atoms with Crippen molar-refractivity contribution in [3.05, 3.63) is 36.4 Å². The molecule has 164 valence electrons. The van der Waals surface area contributed by atoms with Crippen molar-refractivity contribution >= 4 is 38.3 Å². The van der Waals surface area contributed by atoms with E-state index in [0.717, 1.165) is 11.1 Å². The van der Waals surface area contributed by atoms with E-state index in [1.54, 1.807) is 12.1 Å². The summed E-state index contributed by atoms with van der Waals surface area (Å²) in [5.41, 5.74) is 12.0. The summed E-state index contributed by atoms with van der Waals surface area (Å²) >= 11 is 0. The minimum absolute atomic E-state index is 0.128. The van der Waals surface area contributed by atoms with Crippen LogP contribution < -0.4 is 26.4 Å². The molecule has 1 amide bonds. The number of hydrogen-bond donors (Lipinski definition) is 4. The summed E-state index contributed by atoms with van der Waals surface area (Å²) in [6, 6.07) is 10.2. The Bertz CT molecular complexity index is 1020. The second kappa shape index (κ2) is 10.3. The van der Waals surface area contributed by atoms with Gasteiger partial charge in [0, 0.05) is 37.1 Å². The van der Waals surface area contributed by atoms with Gasteiger partial charge in [0.15, 0.2) is 0 Å². The molecular weight excluding hydrogens is 404 g/mol. The molecular formula is C20H30N6O3S. The Morgan fingerprint density at radius 1 is 1.13 bits per heavy atom. The fourth-order valence-corrected chi connectivity index (χ4v) is 4.38. The van der Waals surface area contributed by atoms with Crippen molar-refractivity contribution in [2.45, 2.75) is 30.7 Å². The van der Waals surface area contributed by atoms with Gasteiger partial charge < -0.3 is 21.7 Å². The summed E-state index contributed by atoms with van der Waals surface area (Å²) in [5, 5.41) is 4.41. The number of rotatable bonds is 10. The van der Waals surface area contributed by atoms with E-state index >= 15 is 0 Å². The van der Waals surface area contributed by atoms with Crippen molar-refractivity contribution in [2.24, 2.45) is 16.5 Å². The molecule has 0 heterocycles. The van der Waals surface area contributed by atoms with E-state index in [4.69, 9.17) is 11.5 Å². The van der Waals surface area contributed by atoms with Crippen molar-refractivity contribution in [2.75, 3.05) is 32.1 Å². The van der Waals surface area contributed by atoms with Gasteiger partial charge in [-0.05, 0) is 31.5 Å². The van der Waals surface area contributed by atoms with Crippen molar-refractivity contribution in [1.82, 2.24) is 10.0 Å². The number of nitrogens with two attached hydrogens (primary N) is 2. The SMILES string of the molecule is CCN[C@@H](CCCN=C(N)NS(=O)(=O)c1cccc2c(N(C)C)cccc12)C(N)=O. The molecule has 9 nitrogen and oxygen atoms in total. The van der Waals surface area contributed by atoms with Crippen LogP contribution in [0.2, 0.25) is 0 Å². The van der Waals surface area contributed by atoms with E-state index in [1.165, 1.54) is 6.07 Å². The van der Waals surface area contributed by atoms with Gasteiger partial charge in [0.05, 0.1) is 10.9 Å². The van der Waals surface area contributed by atoms with Gasteiger partial charge in [0.25, 0.3) is 10.0 Å². The number of amides is 1. The Labute approximate surface area is 177 Å². The molecule has 0 aliphatic heterocycles. The van der Waals surface area contributed by atoms with Gasteiger partial charge in [-0.2, -0.15) is 0 Å². The number of aliphatic imine (C=N–C) groups is 1. The van der Waals surface area contributed by atoms with Gasteiger partial charge in [-0.25, -0.2) is 13.1 Å². The average molecular weight is 435 g/mol. The van der Waals surface area contributed by atoms with Crippen LogP contribution in [0.5, 0.6) is 0 Å². The van der Waals surface area contributed by atoms with Crippen LogP contribution in [0, 0.1) is 0 Å². The van der Waals surface area contributed by atoms with Gasteiger partial charge >= 0.3 is 0 Å². The van der Waals surface area contributed by atoms with E-state index in [-0.39, 0.29) is 17.4 Å². The third-order valence-corrected chi connectivity index (χ3v) is 6.01. The maximum Gasteiger partial charge on any atom is 0.264 e. The highest BCUT2D eigenvalue weighted by atomic mass is 32.2. The normalized spacial score (nSPS) is 13.2. The van der Waals surface area contributed by atoms with Crippen LogP contribution in [0.25, 0.3) is 10.8 Å². The summed E-state index contributed by atoms with van der Waals surface area (Å²) in [7, 11) is -0.114. The first-order valence-corrected chi connectivity index (χ1v) is 11.2. The Morgan fingerprint density at radius 2 is 1.80 bits per heavy atom. The number of benzene rings is 2. The molecule has 30 heavy (non-hydrogen) atoms. The monoisotopic (exact) mass is 434 g/mol. The lowest BCUT2D eigenvalue weighted by molar-refractivity contribution is -0.120. The smallest absolute Gasteiger partial charge is 0.264 e. The Balaban J connectivity index is 2.14. The highest BCUT2D eigenvalue weighted by Gasteiger charge is 2.19. The van der Waals surface area contributed by atoms with E-state index < -0.39 is 22.0 Å². The van der Waals surface area contributed by atoms with Gasteiger partial charge in [-0.1, -0.05) is 31.2 Å². The molecule has 0 unspecified atom stereocenters. The molecule has 0 fully saturated rings. The van der Waals surface area contributed by atoms with Crippen LogP contribution in [0.15, 0.2) is 46.3 Å². The van der Waals surface area contributed by atoms with Crippen molar-refractivity contribution in [3.63, 3.8) is 0 Å². The molecule has 6 N–H and O–H groups in total. The van der Waals surface area contributed by atoms with E-state index in [1.807, 2.05) is 44.1 Å². The quantitative estimate of drug-likeness (QED) is 0.247. The highest BCUT2D eigenvalue weighted by Crippen LogP contribution is 2.29. The topological polar surface area (TPSA) is 143 Å². The Kier molecular flexibility index (Phi) is 8.01. The molecule has 2 aromatic carbocycles. The summed E-state index contributed by atoms with van der Waals surface area (Å²) in [6.45, 7) is 2.78. The molecule has 0 aromatic heterocycles. The molecule has 0 aliphatic rings. The van der Waals surface area contributed by atoms with Gasteiger partial charge in [-0.15, -0.1) is 0 Å². The number of carbonyl (C=O) groups is 1. The van der Waals surface area contributed by atoms with Crippen molar-refractivity contribution < 1.29 is 13.2 Å². The molecule has 2 rings (SSSR count). The van der Waals surface area contributed by atoms with Crippen LogP contribution in [0.4, 0.5) is 5.69 Å². The van der Waals surface area contributed by atoms with Crippen LogP contribution >= 0.6 is 0 Å². The summed E-state index contributed by atoms with van der Waals surface area (Å²) in [6.07, 6.45) is 1.02. The summed E-state index contributed by atoms with van der Waals surface area (Å²) in [4.78, 5) is 17.5. The first-order chi connectivity index (χ1) is 14.2. The van der Waals surface area contributed by atoms with Crippen molar-refractivity contribution in [1.29, 1.82) is 0 Å². The first kappa shape index (κ1) is 23.4. The zero-order valence-corrected chi connectivity index (χ0v) is 18.4. The minimum atomic E-state index is -3.91. The molecule has 0 saturated heterocycles. The largest absolute Gasteiger partial charge is 0.377 e. The number of likely N-dealkylation sites (N-methyl/N-ethyl adjacent to an activating group) is 1.